The Balaban J connectivity index is 1.20. The van der Waals surface area contributed by atoms with Crippen LogP contribution in [-0.4, -0.2) is 41.4 Å². The van der Waals surface area contributed by atoms with Gasteiger partial charge in [0.05, 0.1) is 12.6 Å². The van der Waals surface area contributed by atoms with Gasteiger partial charge in [0.2, 0.25) is 5.91 Å². The molecule has 193 valence electrons. The van der Waals surface area contributed by atoms with E-state index in [9.17, 15) is 9.59 Å². The Labute approximate surface area is 227 Å². The van der Waals surface area contributed by atoms with E-state index in [-0.39, 0.29) is 29.6 Å². The molecular formula is C30H29ClN5O2. The summed E-state index contributed by atoms with van der Waals surface area (Å²) in [6, 6.07) is 24.4. The Kier molecular flexibility index (Phi) is 7.84. The van der Waals surface area contributed by atoms with Crippen LogP contribution in [0, 0.1) is 6.07 Å². The Morgan fingerprint density at radius 1 is 1.00 bits per heavy atom. The van der Waals surface area contributed by atoms with Gasteiger partial charge in [0.1, 0.15) is 16.8 Å². The number of hydrogen-bond donors (Lipinski definition) is 2. The van der Waals surface area contributed by atoms with Crippen molar-refractivity contribution in [1.29, 1.82) is 0 Å². The lowest BCUT2D eigenvalue weighted by molar-refractivity contribution is -0.120. The van der Waals surface area contributed by atoms with E-state index in [4.69, 9.17) is 11.6 Å². The van der Waals surface area contributed by atoms with Gasteiger partial charge in [-0.2, -0.15) is 0 Å². The number of rotatable bonds is 8. The number of carbonyl (C=O) groups is 2. The molecule has 1 saturated carbocycles. The molecule has 0 bridgehead atoms. The summed E-state index contributed by atoms with van der Waals surface area (Å²) in [6.07, 6.45) is 4.85. The lowest BCUT2D eigenvalue weighted by atomic mass is 10.1. The number of nitrogens with one attached hydrogen (secondary N) is 2. The summed E-state index contributed by atoms with van der Waals surface area (Å²) >= 11 is 6.23. The third-order valence-electron chi connectivity index (χ3n) is 6.73. The molecule has 5 rings (SSSR count). The van der Waals surface area contributed by atoms with Crippen LogP contribution in [0.25, 0.3) is 10.8 Å². The number of likely N-dealkylation sites (N-methyl/N-ethyl adjacent to an activating group) is 1. The number of halogens is 1. The molecule has 38 heavy (non-hydrogen) atoms. The highest BCUT2D eigenvalue weighted by atomic mass is 35.5. The lowest BCUT2D eigenvalue weighted by Gasteiger charge is -2.20. The molecular weight excluding hydrogens is 498 g/mol. The van der Waals surface area contributed by atoms with Gasteiger partial charge in [0, 0.05) is 30.8 Å². The molecule has 0 atom stereocenters. The predicted octanol–water partition coefficient (Wildman–Crippen LogP) is 5.42. The van der Waals surface area contributed by atoms with E-state index in [0.717, 1.165) is 42.0 Å². The maximum absolute atomic E-state index is 12.8. The Morgan fingerprint density at radius 3 is 2.50 bits per heavy atom. The smallest absolute Gasteiger partial charge is 0.255 e. The Morgan fingerprint density at radius 2 is 1.74 bits per heavy atom. The highest BCUT2D eigenvalue weighted by Gasteiger charge is 2.19. The number of benzene rings is 3. The molecule has 8 heteroatoms. The number of amides is 2. The minimum atomic E-state index is -0.165. The van der Waals surface area contributed by atoms with Crippen LogP contribution in [0.5, 0.6) is 0 Å². The number of carbonyl (C=O) groups excluding carboxylic acids is 2. The number of nitrogens with zero attached hydrogens (tertiary/aromatic N) is 3. The Hall–Kier alpha value is -3.97. The SMILES string of the molecule is CN(CC(=O)NC1CCCC1)c1[c]c(Cl)nc(Cc2ccc(NC(=O)c3ccc4ccccc4c3)cc2)n1. The second kappa shape index (κ2) is 11.6. The minimum Gasteiger partial charge on any atom is -0.352 e. The molecule has 0 spiro atoms. The highest BCUT2D eigenvalue weighted by Crippen LogP contribution is 2.20. The molecule has 1 aromatic heterocycles. The average Bonchev–Trinajstić information content (AvgIpc) is 3.42. The van der Waals surface area contributed by atoms with Crippen LogP contribution in [0.1, 0.15) is 47.4 Å². The molecule has 7 nitrogen and oxygen atoms in total. The van der Waals surface area contributed by atoms with E-state index in [2.05, 4.69) is 26.7 Å². The molecule has 0 aliphatic heterocycles. The lowest BCUT2D eigenvalue weighted by Crippen LogP contribution is -2.40. The van der Waals surface area contributed by atoms with Crippen molar-refractivity contribution in [2.24, 2.45) is 0 Å². The van der Waals surface area contributed by atoms with E-state index in [1.807, 2.05) is 66.7 Å². The van der Waals surface area contributed by atoms with Crippen molar-refractivity contribution in [3.63, 3.8) is 0 Å². The molecule has 1 aliphatic rings. The van der Waals surface area contributed by atoms with Gasteiger partial charge in [-0.3, -0.25) is 9.59 Å². The van der Waals surface area contributed by atoms with Gasteiger partial charge in [-0.05, 0) is 53.4 Å². The summed E-state index contributed by atoms with van der Waals surface area (Å²) in [4.78, 5) is 35.8. The van der Waals surface area contributed by atoms with E-state index < -0.39 is 0 Å². The van der Waals surface area contributed by atoms with Gasteiger partial charge in [-0.25, -0.2) is 9.97 Å². The maximum Gasteiger partial charge on any atom is 0.255 e. The largest absolute Gasteiger partial charge is 0.352 e. The van der Waals surface area contributed by atoms with E-state index in [0.29, 0.717) is 29.3 Å². The van der Waals surface area contributed by atoms with Crippen molar-refractivity contribution < 1.29 is 9.59 Å². The first kappa shape index (κ1) is 25.7. The van der Waals surface area contributed by atoms with Crippen molar-refractivity contribution >= 4 is 45.7 Å². The molecule has 4 aromatic rings. The van der Waals surface area contributed by atoms with Gasteiger partial charge < -0.3 is 15.5 Å². The van der Waals surface area contributed by atoms with Gasteiger partial charge in [-0.15, -0.1) is 0 Å². The van der Waals surface area contributed by atoms with Crippen LogP contribution in [0.3, 0.4) is 0 Å². The average molecular weight is 527 g/mol. The van der Waals surface area contributed by atoms with Gasteiger partial charge in [0.25, 0.3) is 5.91 Å². The first-order valence-electron chi connectivity index (χ1n) is 12.8. The number of hydrogen-bond acceptors (Lipinski definition) is 5. The van der Waals surface area contributed by atoms with Crippen molar-refractivity contribution in [1.82, 2.24) is 15.3 Å². The topological polar surface area (TPSA) is 87.2 Å². The third kappa shape index (κ3) is 6.47. The van der Waals surface area contributed by atoms with Crippen molar-refractivity contribution in [2.75, 3.05) is 23.8 Å². The summed E-state index contributed by atoms with van der Waals surface area (Å²) in [5.74, 6) is 0.799. The summed E-state index contributed by atoms with van der Waals surface area (Å²) in [7, 11) is 1.79. The third-order valence-corrected chi connectivity index (χ3v) is 6.90. The molecule has 0 unspecified atom stereocenters. The molecule has 1 radical (unpaired) electrons. The van der Waals surface area contributed by atoms with E-state index in [1.165, 1.54) is 0 Å². The second-order valence-electron chi connectivity index (χ2n) is 9.67. The second-order valence-corrected chi connectivity index (χ2v) is 10.0. The molecule has 2 N–H and O–H groups in total. The molecule has 1 heterocycles. The normalized spacial score (nSPS) is 13.4. The number of aromatic nitrogens is 2. The summed E-state index contributed by atoms with van der Waals surface area (Å²) in [5.41, 5.74) is 2.26. The maximum atomic E-state index is 12.8. The van der Waals surface area contributed by atoms with Gasteiger partial charge >= 0.3 is 0 Å². The quantitative estimate of drug-likeness (QED) is 0.299. The predicted molar refractivity (Wildman–Crippen MR) is 151 cm³/mol. The van der Waals surface area contributed by atoms with E-state index >= 15 is 0 Å². The zero-order chi connectivity index (χ0) is 26.5. The molecule has 1 aliphatic carbocycles. The minimum absolute atomic E-state index is 0.0367. The summed E-state index contributed by atoms with van der Waals surface area (Å²) in [5, 5.41) is 8.35. The van der Waals surface area contributed by atoms with Crippen molar-refractivity contribution in [3.05, 3.63) is 94.9 Å². The molecule has 2 amide bonds. The zero-order valence-electron chi connectivity index (χ0n) is 21.2. The van der Waals surface area contributed by atoms with Crippen LogP contribution in [0.4, 0.5) is 11.5 Å². The number of fused-ring (bicyclic) bond motifs is 1. The molecule has 0 saturated heterocycles. The van der Waals surface area contributed by atoms with Crippen LogP contribution in [-0.2, 0) is 11.2 Å². The van der Waals surface area contributed by atoms with Gasteiger partial charge in [-0.1, -0.05) is 66.9 Å². The van der Waals surface area contributed by atoms with Crippen molar-refractivity contribution in [2.45, 2.75) is 38.1 Å². The molecule has 1 fully saturated rings. The first-order chi connectivity index (χ1) is 18.4. The first-order valence-corrected chi connectivity index (χ1v) is 13.2. The van der Waals surface area contributed by atoms with Gasteiger partial charge in [0.15, 0.2) is 0 Å². The fourth-order valence-electron chi connectivity index (χ4n) is 4.72. The number of anilines is 2. The van der Waals surface area contributed by atoms with Crippen LogP contribution in [0.15, 0.2) is 66.7 Å². The highest BCUT2D eigenvalue weighted by molar-refractivity contribution is 6.29. The molecule has 3 aromatic carbocycles. The fraction of sp³-hybridized carbons (Fsp3) is 0.267. The van der Waals surface area contributed by atoms with Crippen molar-refractivity contribution in [3.8, 4) is 0 Å². The van der Waals surface area contributed by atoms with Crippen LogP contribution < -0.4 is 15.5 Å². The summed E-state index contributed by atoms with van der Waals surface area (Å²) < 4.78 is 0. The van der Waals surface area contributed by atoms with E-state index in [1.54, 1.807) is 11.9 Å². The Bertz CT molecular complexity index is 1450. The van der Waals surface area contributed by atoms with Crippen LogP contribution >= 0.6 is 11.6 Å². The monoisotopic (exact) mass is 526 g/mol. The van der Waals surface area contributed by atoms with Crippen LogP contribution in [0.2, 0.25) is 5.15 Å². The standard InChI is InChI=1S/C30H29ClN5O2/c1-36(19-29(37)32-24-8-4-5-9-24)28-18-26(31)34-27(35-28)16-20-10-14-25(15-11-20)33-30(38)23-13-12-21-6-2-3-7-22(21)17-23/h2-3,6-7,10-15,17,24H,4-5,8-9,16,19H2,1H3,(H,32,37)(H,33,38). The fourth-order valence-corrected chi connectivity index (χ4v) is 4.91. The summed E-state index contributed by atoms with van der Waals surface area (Å²) in [6.45, 7) is 0.172. The zero-order valence-corrected chi connectivity index (χ0v) is 22.0.